The third-order valence-electron chi connectivity index (χ3n) is 5.76. The number of piperidine rings is 1. The second-order valence-electron chi connectivity index (χ2n) is 7.51. The Labute approximate surface area is 176 Å². The third-order valence-corrected chi connectivity index (χ3v) is 5.76. The van der Waals surface area contributed by atoms with Crippen molar-refractivity contribution in [2.24, 2.45) is 5.92 Å². The zero-order valence-corrected chi connectivity index (χ0v) is 17.3. The van der Waals surface area contributed by atoms with Gasteiger partial charge in [0, 0.05) is 0 Å². The van der Waals surface area contributed by atoms with E-state index in [0.717, 1.165) is 22.6 Å². The first-order valence-electron chi connectivity index (χ1n) is 10.3. The molecule has 0 saturated carbocycles. The summed E-state index contributed by atoms with van der Waals surface area (Å²) in [7, 11) is 1.63. The molecule has 0 aromatic heterocycles. The maximum absolute atomic E-state index is 11.4. The van der Waals surface area contributed by atoms with E-state index >= 15 is 0 Å². The lowest BCUT2D eigenvalue weighted by Crippen LogP contribution is -2.39. The highest BCUT2D eigenvalue weighted by Crippen LogP contribution is 2.41. The minimum absolute atomic E-state index is 0.0566. The van der Waals surface area contributed by atoms with E-state index in [4.69, 9.17) is 18.9 Å². The lowest BCUT2D eigenvalue weighted by Gasteiger charge is -2.37. The van der Waals surface area contributed by atoms with Crippen LogP contribution in [0.5, 0.6) is 23.0 Å². The van der Waals surface area contributed by atoms with Crippen LogP contribution in [0.3, 0.4) is 0 Å². The van der Waals surface area contributed by atoms with Crippen molar-refractivity contribution in [2.45, 2.75) is 25.8 Å². The van der Waals surface area contributed by atoms with Crippen LogP contribution in [0, 0.1) is 5.92 Å². The van der Waals surface area contributed by atoms with Gasteiger partial charge in [-0.15, -0.1) is 0 Å². The van der Waals surface area contributed by atoms with Crippen molar-refractivity contribution >= 4 is 5.97 Å². The molecule has 7 nitrogen and oxygen atoms in total. The van der Waals surface area contributed by atoms with Gasteiger partial charge in [0.1, 0.15) is 0 Å². The van der Waals surface area contributed by atoms with Gasteiger partial charge in [-0.2, -0.15) is 0 Å². The first kappa shape index (κ1) is 20.3. The first-order valence-corrected chi connectivity index (χ1v) is 10.3. The number of carboxylic acids is 1. The zero-order valence-electron chi connectivity index (χ0n) is 17.3. The molecule has 1 N–H and O–H groups in total. The number of nitrogens with zero attached hydrogens (tertiary/aromatic N) is 1. The van der Waals surface area contributed by atoms with Crippen LogP contribution < -0.4 is 18.9 Å². The van der Waals surface area contributed by atoms with Crippen molar-refractivity contribution < 1.29 is 28.8 Å². The summed E-state index contributed by atoms with van der Waals surface area (Å²) in [6, 6.07) is 11.9. The van der Waals surface area contributed by atoms with Gasteiger partial charge < -0.3 is 24.1 Å². The molecule has 0 radical (unpaired) electrons. The number of carbonyl (C=O) groups is 1. The molecule has 1 fully saturated rings. The van der Waals surface area contributed by atoms with Gasteiger partial charge in [0.2, 0.25) is 6.79 Å². The third kappa shape index (κ3) is 4.03. The van der Waals surface area contributed by atoms with E-state index in [1.54, 1.807) is 7.11 Å². The fourth-order valence-corrected chi connectivity index (χ4v) is 4.23. The predicted molar refractivity (Wildman–Crippen MR) is 111 cm³/mol. The second kappa shape index (κ2) is 8.83. The van der Waals surface area contributed by atoms with Gasteiger partial charge in [-0.3, -0.25) is 9.69 Å². The Morgan fingerprint density at radius 3 is 2.50 bits per heavy atom. The highest BCUT2D eigenvalue weighted by molar-refractivity contribution is 5.70. The number of likely N-dealkylation sites (tertiary alicyclic amines) is 1. The molecule has 2 heterocycles. The molecule has 2 aromatic rings. The monoisotopic (exact) mass is 413 g/mol. The largest absolute Gasteiger partial charge is 0.493 e. The Morgan fingerprint density at radius 1 is 1.10 bits per heavy atom. The Hall–Kier alpha value is -2.93. The molecule has 2 aliphatic rings. The number of aliphatic carboxylic acids is 1. The topological polar surface area (TPSA) is 77.5 Å². The molecular formula is C23H27NO6. The Balaban J connectivity index is 1.70. The fourth-order valence-electron chi connectivity index (χ4n) is 4.23. The average molecular weight is 413 g/mol. The number of benzene rings is 2. The predicted octanol–water partition coefficient (Wildman–Crippen LogP) is 3.71. The van der Waals surface area contributed by atoms with Crippen LogP contribution in [0.15, 0.2) is 36.4 Å². The molecule has 0 bridgehead atoms. The normalized spacial score (nSPS) is 17.5. The summed E-state index contributed by atoms with van der Waals surface area (Å²) in [5, 5.41) is 9.37. The molecule has 1 unspecified atom stereocenters. The van der Waals surface area contributed by atoms with Crippen molar-refractivity contribution in [3.63, 3.8) is 0 Å². The Morgan fingerprint density at radius 2 is 1.80 bits per heavy atom. The highest BCUT2D eigenvalue weighted by atomic mass is 16.7. The lowest BCUT2D eigenvalue weighted by molar-refractivity contribution is -0.143. The molecule has 0 spiro atoms. The molecule has 2 aliphatic heterocycles. The molecule has 2 aromatic carbocycles. The average Bonchev–Trinajstić information content (AvgIpc) is 3.23. The van der Waals surface area contributed by atoms with E-state index < -0.39 is 5.97 Å². The molecule has 30 heavy (non-hydrogen) atoms. The van der Waals surface area contributed by atoms with Gasteiger partial charge in [-0.25, -0.2) is 0 Å². The summed E-state index contributed by atoms with van der Waals surface area (Å²) in [5.41, 5.74) is 2.13. The number of fused-ring (bicyclic) bond motifs is 1. The van der Waals surface area contributed by atoms with Crippen LogP contribution in [0.25, 0.3) is 0 Å². The zero-order chi connectivity index (χ0) is 21.1. The van der Waals surface area contributed by atoms with Crippen molar-refractivity contribution in [2.75, 3.05) is 33.6 Å². The minimum Gasteiger partial charge on any atom is -0.493 e. The van der Waals surface area contributed by atoms with Crippen molar-refractivity contribution in [1.82, 2.24) is 4.90 Å². The van der Waals surface area contributed by atoms with Crippen molar-refractivity contribution in [3.8, 4) is 23.0 Å². The Kier molecular flexibility index (Phi) is 5.99. The van der Waals surface area contributed by atoms with Gasteiger partial charge in [-0.05, 0) is 68.2 Å². The van der Waals surface area contributed by atoms with Crippen molar-refractivity contribution in [3.05, 3.63) is 47.5 Å². The van der Waals surface area contributed by atoms with Gasteiger partial charge in [0.05, 0.1) is 25.7 Å². The second-order valence-corrected chi connectivity index (χ2v) is 7.51. The number of ether oxygens (including phenoxy) is 4. The number of hydrogen-bond donors (Lipinski definition) is 1. The smallest absolute Gasteiger partial charge is 0.306 e. The summed E-state index contributed by atoms with van der Waals surface area (Å²) < 4.78 is 22.3. The Bertz CT molecular complexity index is 907. The molecule has 4 rings (SSSR count). The summed E-state index contributed by atoms with van der Waals surface area (Å²) in [4.78, 5) is 13.7. The SMILES string of the molecule is CCOc1ccc(C(c2ccc3c(c2)OCO3)N2CCC(C(=O)O)CC2)cc1OC. The van der Waals surface area contributed by atoms with Gasteiger partial charge >= 0.3 is 5.97 Å². The number of carboxylic acid groups (broad SMARTS) is 1. The summed E-state index contributed by atoms with van der Waals surface area (Å²) >= 11 is 0. The van der Waals surface area contributed by atoms with Crippen LogP contribution in [-0.4, -0.2) is 49.6 Å². The molecule has 1 saturated heterocycles. The van der Waals surface area contributed by atoms with Gasteiger partial charge in [-0.1, -0.05) is 12.1 Å². The van der Waals surface area contributed by atoms with Gasteiger partial charge in [0.15, 0.2) is 23.0 Å². The molecule has 0 amide bonds. The van der Waals surface area contributed by atoms with Crippen LogP contribution in [0.1, 0.15) is 36.9 Å². The maximum Gasteiger partial charge on any atom is 0.306 e. The van der Waals surface area contributed by atoms with Crippen LogP contribution in [-0.2, 0) is 4.79 Å². The minimum atomic E-state index is -0.711. The molecule has 160 valence electrons. The summed E-state index contributed by atoms with van der Waals surface area (Å²) in [6.45, 7) is 4.13. The van der Waals surface area contributed by atoms with Crippen LogP contribution in [0.4, 0.5) is 0 Å². The fraction of sp³-hybridized carbons (Fsp3) is 0.435. The van der Waals surface area contributed by atoms with Gasteiger partial charge in [0.25, 0.3) is 0 Å². The molecule has 0 aliphatic carbocycles. The van der Waals surface area contributed by atoms with E-state index in [2.05, 4.69) is 4.90 Å². The van der Waals surface area contributed by atoms with E-state index in [9.17, 15) is 9.90 Å². The maximum atomic E-state index is 11.4. The highest BCUT2D eigenvalue weighted by Gasteiger charge is 2.31. The van der Waals surface area contributed by atoms with Crippen molar-refractivity contribution in [1.29, 1.82) is 0 Å². The van der Waals surface area contributed by atoms with E-state index in [1.807, 2.05) is 43.3 Å². The quantitative estimate of drug-likeness (QED) is 0.741. The van der Waals surface area contributed by atoms with E-state index in [0.29, 0.717) is 44.0 Å². The lowest BCUT2D eigenvalue weighted by atomic mass is 9.91. The van der Waals surface area contributed by atoms with E-state index in [-0.39, 0.29) is 18.8 Å². The number of hydrogen-bond acceptors (Lipinski definition) is 6. The van der Waals surface area contributed by atoms with E-state index in [1.165, 1.54) is 0 Å². The number of methoxy groups -OCH3 is 1. The first-order chi connectivity index (χ1) is 14.6. The molecule has 7 heteroatoms. The van der Waals surface area contributed by atoms with Crippen LogP contribution >= 0.6 is 0 Å². The standard InChI is InChI=1S/C23H27NO6/c1-3-28-18-6-4-16(12-20(18)27-2)22(24-10-8-15(9-11-24)23(25)26)17-5-7-19-21(13-17)30-14-29-19/h4-7,12-13,15,22H,3,8-11,14H2,1-2H3,(H,25,26). The summed E-state index contributed by atoms with van der Waals surface area (Å²) in [5.74, 6) is 1.87. The molecule has 1 atom stereocenters. The number of rotatable bonds is 7. The summed E-state index contributed by atoms with van der Waals surface area (Å²) in [6.07, 6.45) is 1.26. The molecular weight excluding hydrogens is 386 g/mol. The van der Waals surface area contributed by atoms with Crippen LogP contribution in [0.2, 0.25) is 0 Å².